The highest BCUT2D eigenvalue weighted by molar-refractivity contribution is 6.48. The Balaban J connectivity index is 1.95. The van der Waals surface area contributed by atoms with Gasteiger partial charge in [-0.3, -0.25) is 14.9 Å². The summed E-state index contributed by atoms with van der Waals surface area (Å²) >= 11 is 17.7. The zero-order chi connectivity index (χ0) is 28.6. The van der Waals surface area contributed by atoms with Crippen molar-refractivity contribution in [3.63, 3.8) is 0 Å². The number of nitrogens with zero attached hydrogens (tertiary/aromatic N) is 1. The summed E-state index contributed by atoms with van der Waals surface area (Å²) in [6.45, 7) is 3.54. The number of amides is 1. The molecule has 2 unspecified atom stereocenters. The minimum Gasteiger partial charge on any atom is -0.444 e. The van der Waals surface area contributed by atoms with Gasteiger partial charge in [0.2, 0.25) is 6.54 Å². The van der Waals surface area contributed by atoms with Gasteiger partial charge in [-0.15, -0.1) is 0 Å². The summed E-state index contributed by atoms with van der Waals surface area (Å²) in [6.07, 6.45) is -6.13. The van der Waals surface area contributed by atoms with Gasteiger partial charge >= 0.3 is 12.3 Å². The van der Waals surface area contributed by atoms with Crippen molar-refractivity contribution >= 4 is 46.7 Å². The van der Waals surface area contributed by atoms with Crippen molar-refractivity contribution in [2.45, 2.75) is 63.3 Å². The number of aryl methyl sites for hydroxylation is 1. The molecule has 1 aliphatic carbocycles. The number of halogens is 6. The van der Waals surface area contributed by atoms with E-state index in [1.807, 2.05) is 0 Å². The summed E-state index contributed by atoms with van der Waals surface area (Å²) in [5, 5.41) is 13.3. The summed E-state index contributed by atoms with van der Waals surface area (Å²) in [5.74, 6) is -0.960. The molecule has 0 bridgehead atoms. The van der Waals surface area contributed by atoms with E-state index in [0.29, 0.717) is 24.0 Å². The third-order valence-electron chi connectivity index (χ3n) is 6.17. The number of alkyl halides is 3. The number of hydrogen-bond donors (Lipinski definition) is 1. The topological polar surface area (TPSA) is 98.5 Å². The molecular weight excluding hydrogens is 572 g/mol. The molecule has 1 N–H and O–H groups in total. The van der Waals surface area contributed by atoms with E-state index >= 15 is 0 Å². The lowest BCUT2D eigenvalue weighted by atomic mass is 9.74. The quantitative estimate of drug-likeness (QED) is 0.155. The molecule has 38 heavy (non-hydrogen) atoms. The lowest BCUT2D eigenvalue weighted by molar-refractivity contribution is -0.501. The molecule has 1 amide bonds. The normalized spacial score (nSPS) is 16.9. The molecule has 0 fully saturated rings. The van der Waals surface area contributed by atoms with Crippen molar-refractivity contribution in [1.29, 1.82) is 0 Å². The average Bonchev–Trinajstić information content (AvgIpc) is 3.15. The summed E-state index contributed by atoms with van der Waals surface area (Å²) in [6, 6.07) is 5.63. The smallest absolute Gasteiger partial charge is 0.408 e. The van der Waals surface area contributed by atoms with E-state index in [1.54, 1.807) is 26.8 Å². The lowest BCUT2D eigenvalue weighted by Gasteiger charge is -2.32. The Hall–Kier alpha value is -2.56. The van der Waals surface area contributed by atoms with Gasteiger partial charge in [0.15, 0.2) is 11.2 Å². The van der Waals surface area contributed by atoms with Crippen molar-refractivity contribution in [3.05, 3.63) is 77.8 Å². The number of nitro groups is 1. The summed E-state index contributed by atoms with van der Waals surface area (Å²) in [5.41, 5.74) is -3.24. The number of benzene rings is 2. The molecule has 0 saturated carbocycles. The van der Waals surface area contributed by atoms with Gasteiger partial charge in [-0.05, 0) is 68.5 Å². The molecule has 2 atom stereocenters. The second-order valence-electron chi connectivity index (χ2n) is 10.1. The minimum absolute atomic E-state index is 0.0511. The van der Waals surface area contributed by atoms with Gasteiger partial charge in [0.1, 0.15) is 5.60 Å². The van der Waals surface area contributed by atoms with E-state index in [-0.39, 0.29) is 20.6 Å². The first-order valence-corrected chi connectivity index (χ1v) is 12.6. The van der Waals surface area contributed by atoms with Gasteiger partial charge in [-0.1, -0.05) is 46.9 Å². The fourth-order valence-corrected chi connectivity index (χ4v) is 5.02. The van der Waals surface area contributed by atoms with Crippen molar-refractivity contribution in [1.82, 2.24) is 5.32 Å². The Labute approximate surface area is 231 Å². The number of rotatable bonds is 7. The molecular formula is C25H24Cl3F3N2O5. The van der Waals surface area contributed by atoms with E-state index in [1.165, 1.54) is 12.1 Å². The molecule has 0 heterocycles. The number of hydrogen-bond acceptors (Lipinski definition) is 5. The van der Waals surface area contributed by atoms with E-state index < -0.39 is 58.6 Å². The van der Waals surface area contributed by atoms with Crippen LogP contribution < -0.4 is 5.32 Å². The largest absolute Gasteiger partial charge is 0.444 e. The summed E-state index contributed by atoms with van der Waals surface area (Å²) in [4.78, 5) is 35.7. The summed E-state index contributed by atoms with van der Waals surface area (Å²) in [7, 11) is 0. The highest BCUT2D eigenvalue weighted by Crippen LogP contribution is 2.47. The molecule has 0 aliphatic heterocycles. The third-order valence-corrected chi connectivity index (χ3v) is 7.37. The van der Waals surface area contributed by atoms with Crippen LogP contribution in [0.1, 0.15) is 66.7 Å². The first kappa shape index (κ1) is 30.0. The van der Waals surface area contributed by atoms with Crippen molar-refractivity contribution in [2.24, 2.45) is 0 Å². The number of ether oxygens (including phenoxy) is 1. The number of fused-ring (bicyclic) bond motifs is 1. The van der Waals surface area contributed by atoms with Crippen LogP contribution >= 0.6 is 34.8 Å². The number of ketones is 1. The molecule has 3 rings (SSSR count). The standard InChI is InChI=1S/C25H24Cl3F3N2O5/c1-23(2,3)38-22(35)32-19-7-5-13-8-14(4-6-16(13)19)20(34)11-24(12-33(36)37,25(29,30)31)15-9-17(26)21(28)18(27)10-15/h4,6,8-10,19H,5,7,11-12H2,1-3H3,(H,32,35). The van der Waals surface area contributed by atoms with Crippen LogP contribution in [-0.2, 0) is 16.6 Å². The molecule has 2 aromatic carbocycles. The number of carbonyl (C=O) groups is 2. The lowest BCUT2D eigenvalue weighted by Crippen LogP contribution is -2.49. The van der Waals surface area contributed by atoms with Crippen molar-refractivity contribution in [3.8, 4) is 0 Å². The highest BCUT2D eigenvalue weighted by atomic mass is 35.5. The van der Waals surface area contributed by atoms with E-state index in [4.69, 9.17) is 39.5 Å². The maximum Gasteiger partial charge on any atom is 0.408 e. The molecule has 7 nitrogen and oxygen atoms in total. The zero-order valence-electron chi connectivity index (χ0n) is 20.5. The van der Waals surface area contributed by atoms with Gasteiger partial charge in [-0.2, -0.15) is 13.2 Å². The molecule has 13 heteroatoms. The van der Waals surface area contributed by atoms with Crippen LogP contribution in [0.25, 0.3) is 0 Å². The predicted octanol–water partition coefficient (Wildman–Crippen LogP) is 7.51. The van der Waals surface area contributed by atoms with Crippen molar-refractivity contribution < 1.29 is 32.4 Å². The molecule has 0 radical (unpaired) electrons. The van der Waals surface area contributed by atoms with E-state index in [9.17, 15) is 32.9 Å². The van der Waals surface area contributed by atoms with E-state index in [0.717, 1.165) is 12.1 Å². The third kappa shape index (κ3) is 6.52. The minimum atomic E-state index is -5.21. The Bertz CT molecular complexity index is 1260. The van der Waals surface area contributed by atoms with Crippen LogP contribution in [0.3, 0.4) is 0 Å². The maximum absolute atomic E-state index is 14.5. The zero-order valence-corrected chi connectivity index (χ0v) is 22.8. The van der Waals surface area contributed by atoms with Crippen LogP contribution in [-0.4, -0.2) is 35.1 Å². The van der Waals surface area contributed by atoms with Crippen LogP contribution in [0, 0.1) is 10.1 Å². The first-order chi connectivity index (χ1) is 17.4. The second-order valence-corrected chi connectivity index (χ2v) is 11.3. The molecule has 2 aromatic rings. The Morgan fingerprint density at radius 1 is 1.11 bits per heavy atom. The predicted molar refractivity (Wildman–Crippen MR) is 137 cm³/mol. The maximum atomic E-state index is 14.5. The number of carbonyl (C=O) groups excluding carboxylic acids is 2. The van der Waals surface area contributed by atoms with Crippen LogP contribution in [0.2, 0.25) is 15.1 Å². The molecule has 0 spiro atoms. The van der Waals surface area contributed by atoms with E-state index in [2.05, 4.69) is 5.32 Å². The number of nitrogens with one attached hydrogen (secondary N) is 1. The van der Waals surface area contributed by atoms with Gasteiger partial charge < -0.3 is 10.1 Å². The van der Waals surface area contributed by atoms with Gasteiger partial charge in [0, 0.05) is 16.9 Å². The number of Topliss-reactive ketones (excluding diaryl/α,β-unsaturated/α-hetero) is 1. The van der Waals surface area contributed by atoms with Gasteiger partial charge in [0.05, 0.1) is 21.1 Å². The molecule has 0 saturated heterocycles. The second kappa shape index (κ2) is 10.9. The fraction of sp³-hybridized carbons (Fsp3) is 0.440. The van der Waals surface area contributed by atoms with Gasteiger partial charge in [-0.25, -0.2) is 4.79 Å². The van der Waals surface area contributed by atoms with Gasteiger partial charge in [0.25, 0.3) is 0 Å². The van der Waals surface area contributed by atoms with Crippen LogP contribution in [0.15, 0.2) is 30.3 Å². The Morgan fingerprint density at radius 3 is 2.24 bits per heavy atom. The number of alkyl carbamates (subject to hydrolysis) is 1. The monoisotopic (exact) mass is 594 g/mol. The summed E-state index contributed by atoms with van der Waals surface area (Å²) < 4.78 is 48.9. The first-order valence-electron chi connectivity index (χ1n) is 11.4. The highest BCUT2D eigenvalue weighted by Gasteiger charge is 2.61. The Morgan fingerprint density at radius 2 is 1.71 bits per heavy atom. The fourth-order valence-electron chi connectivity index (χ4n) is 4.42. The van der Waals surface area contributed by atoms with Crippen LogP contribution in [0.4, 0.5) is 18.0 Å². The molecule has 1 aliphatic rings. The molecule has 0 aromatic heterocycles. The average molecular weight is 596 g/mol. The Kier molecular flexibility index (Phi) is 8.60. The van der Waals surface area contributed by atoms with Crippen molar-refractivity contribution in [2.75, 3.05) is 6.54 Å². The van der Waals surface area contributed by atoms with Crippen LogP contribution in [0.5, 0.6) is 0 Å². The SMILES string of the molecule is CC(C)(C)OC(=O)NC1CCc2cc(C(=O)CC(C[N+](=O)[O-])(c3cc(Cl)c(Cl)c(Cl)c3)C(F)(F)F)ccc21. The molecule has 206 valence electrons.